The van der Waals surface area contributed by atoms with Gasteiger partial charge in [0.2, 0.25) is 5.75 Å². The molecule has 1 amide bonds. The number of amides is 1. The molecule has 0 aliphatic carbocycles. The van der Waals surface area contributed by atoms with Crippen LogP contribution in [0.3, 0.4) is 0 Å². The van der Waals surface area contributed by atoms with E-state index in [0.717, 1.165) is 16.5 Å². The van der Waals surface area contributed by atoms with Gasteiger partial charge in [-0.15, -0.1) is 0 Å². The van der Waals surface area contributed by atoms with Gasteiger partial charge in [-0.2, -0.15) is 0 Å². The molecule has 3 aromatic rings. The Morgan fingerprint density at radius 2 is 1.79 bits per heavy atom. The fourth-order valence-electron chi connectivity index (χ4n) is 3.08. The first-order chi connectivity index (χ1) is 13.7. The smallest absolute Gasteiger partial charge is 0.257 e. The van der Waals surface area contributed by atoms with Gasteiger partial charge in [0, 0.05) is 24.2 Å². The van der Waals surface area contributed by atoms with Gasteiger partial charge in [0.1, 0.15) is 5.75 Å². The van der Waals surface area contributed by atoms with Crippen molar-refractivity contribution in [2.45, 2.75) is 6.42 Å². The molecule has 0 saturated carbocycles. The standard InChI is InChI=1S/C21H24N2O5/c1-25-17-11-16-19(21(27-3)20(17)26-2)14(12-23-16)9-10-22-18(24)13-28-15-7-5-4-6-8-15/h4-8,11-12,23H,9-10,13H2,1-3H3,(H,22,24). The lowest BCUT2D eigenvalue weighted by molar-refractivity contribution is -0.123. The molecule has 0 aliphatic rings. The van der Waals surface area contributed by atoms with Crippen LogP contribution in [0, 0.1) is 0 Å². The highest BCUT2D eigenvalue weighted by molar-refractivity contribution is 5.94. The monoisotopic (exact) mass is 384 g/mol. The summed E-state index contributed by atoms with van der Waals surface area (Å²) in [5, 5.41) is 3.78. The van der Waals surface area contributed by atoms with E-state index in [1.807, 2.05) is 42.6 Å². The molecule has 0 spiro atoms. The van der Waals surface area contributed by atoms with Crippen molar-refractivity contribution in [3.63, 3.8) is 0 Å². The van der Waals surface area contributed by atoms with E-state index in [0.29, 0.717) is 36.0 Å². The SMILES string of the molecule is COc1cc2[nH]cc(CCNC(=O)COc3ccccc3)c2c(OC)c1OC. The Balaban J connectivity index is 1.65. The van der Waals surface area contributed by atoms with Gasteiger partial charge < -0.3 is 29.2 Å². The van der Waals surface area contributed by atoms with Crippen LogP contribution < -0.4 is 24.3 Å². The van der Waals surface area contributed by atoms with Crippen LogP contribution in [0.4, 0.5) is 0 Å². The van der Waals surface area contributed by atoms with E-state index < -0.39 is 0 Å². The Morgan fingerprint density at radius 1 is 1.04 bits per heavy atom. The summed E-state index contributed by atoms with van der Waals surface area (Å²) in [6, 6.07) is 11.1. The third kappa shape index (κ3) is 4.14. The van der Waals surface area contributed by atoms with Crippen molar-refractivity contribution in [1.82, 2.24) is 10.3 Å². The van der Waals surface area contributed by atoms with Gasteiger partial charge in [0.25, 0.3) is 5.91 Å². The number of hydrogen-bond acceptors (Lipinski definition) is 5. The van der Waals surface area contributed by atoms with E-state index >= 15 is 0 Å². The van der Waals surface area contributed by atoms with Gasteiger partial charge in [0.15, 0.2) is 18.1 Å². The van der Waals surface area contributed by atoms with E-state index in [1.165, 1.54) is 0 Å². The second-order valence-electron chi connectivity index (χ2n) is 6.08. The summed E-state index contributed by atoms with van der Waals surface area (Å²) >= 11 is 0. The predicted molar refractivity (Wildman–Crippen MR) is 107 cm³/mol. The number of fused-ring (bicyclic) bond motifs is 1. The molecule has 0 unspecified atom stereocenters. The third-order valence-electron chi connectivity index (χ3n) is 4.38. The molecule has 7 heteroatoms. The maximum atomic E-state index is 12.0. The molecule has 1 heterocycles. The van der Waals surface area contributed by atoms with E-state index in [9.17, 15) is 4.79 Å². The maximum Gasteiger partial charge on any atom is 0.257 e. The lowest BCUT2D eigenvalue weighted by Crippen LogP contribution is -2.30. The van der Waals surface area contributed by atoms with Gasteiger partial charge in [-0.1, -0.05) is 18.2 Å². The summed E-state index contributed by atoms with van der Waals surface area (Å²) in [5.74, 6) is 2.23. The van der Waals surface area contributed by atoms with Gasteiger partial charge in [-0.3, -0.25) is 4.79 Å². The number of benzene rings is 2. The second kappa shape index (κ2) is 9.03. The molecular weight excluding hydrogens is 360 g/mol. The molecule has 0 fully saturated rings. The number of carbonyl (C=O) groups excluding carboxylic acids is 1. The molecule has 2 aromatic carbocycles. The van der Waals surface area contributed by atoms with Crippen molar-refractivity contribution < 1.29 is 23.7 Å². The van der Waals surface area contributed by atoms with Crippen molar-refractivity contribution in [1.29, 1.82) is 0 Å². The first kappa shape index (κ1) is 19.4. The van der Waals surface area contributed by atoms with Crippen molar-refractivity contribution in [2.75, 3.05) is 34.5 Å². The van der Waals surface area contributed by atoms with Crippen molar-refractivity contribution in [3.05, 3.63) is 48.2 Å². The highest BCUT2D eigenvalue weighted by Crippen LogP contribution is 2.44. The van der Waals surface area contributed by atoms with Crippen molar-refractivity contribution >= 4 is 16.8 Å². The Labute approximate surface area is 163 Å². The van der Waals surface area contributed by atoms with Crippen LogP contribution in [0.15, 0.2) is 42.6 Å². The van der Waals surface area contributed by atoms with Crippen LogP contribution in [0.5, 0.6) is 23.0 Å². The zero-order valence-corrected chi connectivity index (χ0v) is 16.2. The molecule has 28 heavy (non-hydrogen) atoms. The Morgan fingerprint density at radius 3 is 2.46 bits per heavy atom. The molecule has 1 aromatic heterocycles. The van der Waals surface area contributed by atoms with E-state index in [1.54, 1.807) is 21.3 Å². The molecule has 0 aliphatic heterocycles. The number of aromatic nitrogens is 1. The Hall–Kier alpha value is -3.35. The summed E-state index contributed by atoms with van der Waals surface area (Å²) in [6.45, 7) is 0.452. The highest BCUT2D eigenvalue weighted by atomic mass is 16.5. The minimum Gasteiger partial charge on any atom is -0.493 e. The number of rotatable bonds is 9. The average molecular weight is 384 g/mol. The van der Waals surface area contributed by atoms with E-state index in [2.05, 4.69) is 10.3 Å². The molecule has 0 radical (unpaired) electrons. The summed E-state index contributed by atoms with van der Waals surface area (Å²) in [7, 11) is 4.75. The van der Waals surface area contributed by atoms with Crippen LogP contribution >= 0.6 is 0 Å². The molecule has 0 atom stereocenters. The summed E-state index contributed by atoms with van der Waals surface area (Å²) in [6.07, 6.45) is 2.53. The van der Waals surface area contributed by atoms with Crippen LogP contribution in [0.2, 0.25) is 0 Å². The van der Waals surface area contributed by atoms with Crippen LogP contribution in [-0.2, 0) is 11.2 Å². The first-order valence-corrected chi connectivity index (χ1v) is 8.91. The number of aromatic amines is 1. The first-order valence-electron chi connectivity index (χ1n) is 8.91. The Kier molecular flexibility index (Phi) is 6.26. The molecule has 7 nitrogen and oxygen atoms in total. The van der Waals surface area contributed by atoms with Crippen molar-refractivity contribution in [2.24, 2.45) is 0 Å². The number of H-pyrrole nitrogens is 1. The van der Waals surface area contributed by atoms with Crippen molar-refractivity contribution in [3.8, 4) is 23.0 Å². The summed E-state index contributed by atoms with van der Waals surface area (Å²) in [5.41, 5.74) is 1.89. The van der Waals surface area contributed by atoms with Gasteiger partial charge in [-0.05, 0) is 24.1 Å². The van der Waals surface area contributed by atoms with Gasteiger partial charge in [0.05, 0.1) is 26.8 Å². The second-order valence-corrected chi connectivity index (χ2v) is 6.08. The fraction of sp³-hybridized carbons (Fsp3) is 0.286. The Bertz CT molecular complexity index is 937. The zero-order chi connectivity index (χ0) is 19.9. The largest absolute Gasteiger partial charge is 0.493 e. The van der Waals surface area contributed by atoms with Crippen LogP contribution in [0.25, 0.3) is 10.9 Å². The van der Waals surface area contributed by atoms with E-state index in [4.69, 9.17) is 18.9 Å². The molecule has 3 rings (SSSR count). The summed E-state index contributed by atoms with van der Waals surface area (Å²) in [4.78, 5) is 15.2. The van der Waals surface area contributed by atoms with Crippen LogP contribution in [-0.4, -0.2) is 45.4 Å². The quantitative estimate of drug-likeness (QED) is 0.593. The molecular formula is C21H24N2O5. The number of ether oxygens (including phenoxy) is 4. The number of para-hydroxylation sites is 1. The molecule has 0 saturated heterocycles. The number of nitrogens with one attached hydrogen (secondary N) is 2. The lowest BCUT2D eigenvalue weighted by Gasteiger charge is -2.14. The maximum absolute atomic E-state index is 12.0. The molecule has 148 valence electrons. The number of hydrogen-bond donors (Lipinski definition) is 2. The normalized spacial score (nSPS) is 10.5. The minimum absolute atomic E-state index is 0.0216. The molecule has 0 bridgehead atoms. The topological polar surface area (TPSA) is 81.8 Å². The lowest BCUT2D eigenvalue weighted by atomic mass is 10.1. The van der Waals surface area contributed by atoms with Gasteiger partial charge >= 0.3 is 0 Å². The van der Waals surface area contributed by atoms with E-state index in [-0.39, 0.29) is 12.5 Å². The average Bonchev–Trinajstić information content (AvgIpc) is 3.14. The van der Waals surface area contributed by atoms with Gasteiger partial charge in [-0.25, -0.2) is 0 Å². The predicted octanol–water partition coefficient (Wildman–Crippen LogP) is 2.93. The van der Waals surface area contributed by atoms with Crippen LogP contribution in [0.1, 0.15) is 5.56 Å². The minimum atomic E-state index is -0.171. The summed E-state index contributed by atoms with van der Waals surface area (Å²) < 4.78 is 21.9. The highest BCUT2D eigenvalue weighted by Gasteiger charge is 2.19. The third-order valence-corrected chi connectivity index (χ3v) is 4.38. The fourth-order valence-corrected chi connectivity index (χ4v) is 3.08. The number of methoxy groups -OCH3 is 3. The number of carbonyl (C=O) groups is 1. The molecule has 2 N–H and O–H groups in total. The zero-order valence-electron chi connectivity index (χ0n) is 16.2.